The number of aryl methyl sites for hydroxylation is 2. The topological polar surface area (TPSA) is 49.8 Å². The van der Waals surface area contributed by atoms with E-state index >= 15 is 0 Å². The molecule has 1 fully saturated rings. The number of carbonyl (C=O) groups is 1. The van der Waals surface area contributed by atoms with E-state index in [9.17, 15) is 14.3 Å². The summed E-state index contributed by atoms with van der Waals surface area (Å²) >= 11 is 0. The van der Waals surface area contributed by atoms with Crippen LogP contribution in [-0.4, -0.2) is 41.8 Å². The molecule has 1 aliphatic heterocycles. The second-order valence-electron chi connectivity index (χ2n) is 6.26. The van der Waals surface area contributed by atoms with E-state index in [2.05, 4.69) is 6.07 Å². The van der Waals surface area contributed by atoms with Crippen LogP contribution in [0.25, 0.3) is 0 Å². The number of carboxylic acids is 1. The van der Waals surface area contributed by atoms with Gasteiger partial charge in [-0.05, 0) is 50.4 Å². The number of ether oxygens (including phenoxy) is 1. The molecule has 1 aromatic rings. The first-order valence-electron chi connectivity index (χ1n) is 8.28. The summed E-state index contributed by atoms with van der Waals surface area (Å²) < 4.78 is 18.0. The van der Waals surface area contributed by atoms with Gasteiger partial charge in [-0.1, -0.05) is 12.5 Å². The van der Waals surface area contributed by atoms with Crippen LogP contribution in [0.1, 0.15) is 42.4 Å². The van der Waals surface area contributed by atoms with Gasteiger partial charge in [0.05, 0.1) is 13.3 Å². The first-order valence-corrected chi connectivity index (χ1v) is 8.28. The minimum Gasteiger partial charge on any atom is -0.493 e. The fraction of sp³-hybridized carbons (Fsp3) is 0.611. The molecule has 23 heavy (non-hydrogen) atoms. The Balaban J connectivity index is 2.19. The molecule has 128 valence electrons. The van der Waals surface area contributed by atoms with Gasteiger partial charge < -0.3 is 9.84 Å². The Morgan fingerprint density at radius 3 is 2.78 bits per heavy atom. The molecule has 0 amide bonds. The fourth-order valence-corrected chi connectivity index (χ4v) is 3.02. The molecule has 1 aromatic carbocycles. The molecule has 0 bridgehead atoms. The van der Waals surface area contributed by atoms with Gasteiger partial charge in [0.15, 0.2) is 0 Å². The average molecular weight is 323 g/mol. The van der Waals surface area contributed by atoms with Crippen LogP contribution in [-0.2, 0) is 11.3 Å². The summed E-state index contributed by atoms with van der Waals surface area (Å²) in [5.74, 6) is -0.00954. The highest BCUT2D eigenvalue weighted by Crippen LogP contribution is 2.28. The van der Waals surface area contributed by atoms with Crippen molar-refractivity contribution in [3.05, 3.63) is 28.8 Å². The SMILES string of the molecule is Cc1cc(CN2CCCC[C@H]2C(=O)O)c(OCCCF)cc1C. The van der Waals surface area contributed by atoms with Crippen molar-refractivity contribution < 1.29 is 19.0 Å². The largest absolute Gasteiger partial charge is 0.493 e. The van der Waals surface area contributed by atoms with Gasteiger partial charge in [0.2, 0.25) is 0 Å². The number of alkyl halides is 1. The van der Waals surface area contributed by atoms with E-state index in [1.54, 1.807) is 0 Å². The molecule has 1 heterocycles. The smallest absolute Gasteiger partial charge is 0.320 e. The molecule has 0 aromatic heterocycles. The molecule has 0 radical (unpaired) electrons. The molecule has 1 atom stereocenters. The maximum absolute atomic E-state index is 12.3. The van der Waals surface area contributed by atoms with Gasteiger partial charge >= 0.3 is 5.97 Å². The lowest BCUT2D eigenvalue weighted by molar-refractivity contribution is -0.144. The fourth-order valence-electron chi connectivity index (χ4n) is 3.02. The van der Waals surface area contributed by atoms with Gasteiger partial charge in [-0.3, -0.25) is 14.1 Å². The third-order valence-electron chi connectivity index (χ3n) is 4.48. The van der Waals surface area contributed by atoms with Crippen molar-refractivity contribution in [3.63, 3.8) is 0 Å². The van der Waals surface area contributed by atoms with Crippen molar-refractivity contribution in [1.82, 2.24) is 4.90 Å². The van der Waals surface area contributed by atoms with Gasteiger partial charge in [-0.25, -0.2) is 0 Å². The zero-order valence-electron chi connectivity index (χ0n) is 14.0. The molecule has 5 heteroatoms. The van der Waals surface area contributed by atoms with Crippen LogP contribution in [0.4, 0.5) is 4.39 Å². The van der Waals surface area contributed by atoms with Crippen molar-refractivity contribution in [3.8, 4) is 5.75 Å². The van der Waals surface area contributed by atoms with Gasteiger partial charge in [0.25, 0.3) is 0 Å². The standard InChI is InChI=1S/C18H26FNO3/c1-13-10-15(17(11-14(13)2)23-9-5-7-19)12-20-8-4-3-6-16(20)18(21)22/h10-11,16H,3-9,12H2,1-2H3,(H,21,22)/t16-/m0/s1. The minimum atomic E-state index is -0.756. The highest BCUT2D eigenvalue weighted by atomic mass is 19.1. The second kappa shape index (κ2) is 8.29. The van der Waals surface area contributed by atoms with Gasteiger partial charge in [0, 0.05) is 18.5 Å². The van der Waals surface area contributed by atoms with Crippen molar-refractivity contribution in [2.75, 3.05) is 19.8 Å². The van der Waals surface area contributed by atoms with Gasteiger partial charge in [0.1, 0.15) is 11.8 Å². The zero-order valence-corrected chi connectivity index (χ0v) is 14.0. The molecule has 1 saturated heterocycles. The zero-order chi connectivity index (χ0) is 16.8. The van der Waals surface area contributed by atoms with Crippen LogP contribution < -0.4 is 4.74 Å². The summed E-state index contributed by atoms with van der Waals surface area (Å²) in [4.78, 5) is 13.5. The first-order chi connectivity index (χ1) is 11.0. The maximum atomic E-state index is 12.3. The third kappa shape index (κ3) is 4.67. The highest BCUT2D eigenvalue weighted by Gasteiger charge is 2.29. The summed E-state index contributed by atoms with van der Waals surface area (Å²) in [6.45, 7) is 5.34. The molecule has 0 saturated carbocycles. The molecule has 0 aliphatic carbocycles. The van der Waals surface area contributed by atoms with Crippen LogP contribution in [0.5, 0.6) is 5.75 Å². The van der Waals surface area contributed by atoms with Crippen molar-refractivity contribution >= 4 is 5.97 Å². The molecule has 0 unspecified atom stereocenters. The van der Waals surface area contributed by atoms with Crippen LogP contribution in [0.3, 0.4) is 0 Å². The summed E-state index contributed by atoms with van der Waals surface area (Å²) in [6.07, 6.45) is 3.04. The lowest BCUT2D eigenvalue weighted by Gasteiger charge is -2.33. The van der Waals surface area contributed by atoms with E-state index in [4.69, 9.17) is 4.74 Å². The Hall–Kier alpha value is -1.62. The first kappa shape index (κ1) is 17.7. The van der Waals surface area contributed by atoms with Crippen LogP contribution in [0, 0.1) is 13.8 Å². The monoisotopic (exact) mass is 323 g/mol. The van der Waals surface area contributed by atoms with Crippen molar-refractivity contribution in [2.45, 2.75) is 52.1 Å². The van der Waals surface area contributed by atoms with E-state index in [-0.39, 0.29) is 0 Å². The summed E-state index contributed by atoms with van der Waals surface area (Å²) in [7, 11) is 0. The van der Waals surface area contributed by atoms with Gasteiger partial charge in [-0.15, -0.1) is 0 Å². The Morgan fingerprint density at radius 1 is 1.35 bits per heavy atom. The maximum Gasteiger partial charge on any atom is 0.320 e. The molecule has 4 nitrogen and oxygen atoms in total. The normalized spacial score (nSPS) is 18.8. The predicted octanol–water partition coefficient (Wildman–Crippen LogP) is 3.48. The van der Waals surface area contributed by atoms with Crippen LogP contribution in [0.2, 0.25) is 0 Å². The Morgan fingerprint density at radius 2 is 2.09 bits per heavy atom. The van der Waals surface area contributed by atoms with Crippen LogP contribution >= 0.6 is 0 Å². The minimum absolute atomic E-state index is 0.342. The number of benzene rings is 1. The number of nitrogens with zero attached hydrogens (tertiary/aromatic N) is 1. The van der Waals surface area contributed by atoms with Gasteiger partial charge in [-0.2, -0.15) is 0 Å². The number of rotatable bonds is 7. The summed E-state index contributed by atoms with van der Waals surface area (Å²) in [5, 5.41) is 9.41. The lowest BCUT2D eigenvalue weighted by Crippen LogP contribution is -2.44. The Bertz CT molecular complexity index is 547. The number of piperidine rings is 1. The summed E-state index contributed by atoms with van der Waals surface area (Å²) in [6, 6.07) is 3.61. The molecular formula is C18H26FNO3. The molecule has 1 N–H and O–H groups in total. The predicted molar refractivity (Wildman–Crippen MR) is 87.7 cm³/mol. The molecule has 1 aliphatic rings. The molecule has 2 rings (SSSR count). The van der Waals surface area contributed by atoms with Crippen molar-refractivity contribution in [2.24, 2.45) is 0 Å². The van der Waals surface area contributed by atoms with E-state index < -0.39 is 18.7 Å². The summed E-state index contributed by atoms with van der Waals surface area (Å²) in [5.41, 5.74) is 3.26. The number of hydrogen-bond acceptors (Lipinski definition) is 3. The number of hydrogen-bond donors (Lipinski definition) is 1. The van der Waals surface area contributed by atoms with E-state index in [1.807, 2.05) is 24.8 Å². The Kier molecular flexibility index (Phi) is 6.39. The number of aliphatic carboxylic acids is 1. The third-order valence-corrected chi connectivity index (χ3v) is 4.48. The quantitative estimate of drug-likeness (QED) is 0.781. The molecular weight excluding hydrogens is 297 g/mol. The Labute approximate surface area is 137 Å². The average Bonchev–Trinajstić information content (AvgIpc) is 2.52. The van der Waals surface area contributed by atoms with E-state index in [1.165, 1.54) is 0 Å². The number of carboxylic acid groups (broad SMARTS) is 1. The van der Waals surface area contributed by atoms with Crippen molar-refractivity contribution in [1.29, 1.82) is 0 Å². The second-order valence-corrected chi connectivity index (χ2v) is 6.26. The lowest BCUT2D eigenvalue weighted by atomic mass is 9.99. The number of halogens is 1. The van der Waals surface area contributed by atoms with E-state index in [0.29, 0.717) is 26.0 Å². The highest BCUT2D eigenvalue weighted by molar-refractivity contribution is 5.73. The van der Waals surface area contributed by atoms with E-state index in [0.717, 1.165) is 41.8 Å². The van der Waals surface area contributed by atoms with Crippen LogP contribution in [0.15, 0.2) is 12.1 Å². The molecule has 0 spiro atoms. The number of likely N-dealkylation sites (tertiary alicyclic amines) is 1.